The molecule has 2 aromatic rings. The van der Waals surface area contributed by atoms with Crippen molar-refractivity contribution >= 4 is 5.95 Å². The number of aromatic nitrogens is 2. The van der Waals surface area contributed by atoms with Gasteiger partial charge in [0.05, 0.1) is 13.2 Å². The van der Waals surface area contributed by atoms with Gasteiger partial charge < -0.3 is 14.7 Å². The Morgan fingerprint density at radius 1 is 1.25 bits per heavy atom. The van der Waals surface area contributed by atoms with Crippen molar-refractivity contribution in [1.82, 2.24) is 14.9 Å². The van der Waals surface area contributed by atoms with Crippen LogP contribution in [-0.4, -0.2) is 59.8 Å². The molecule has 0 spiro atoms. The summed E-state index contributed by atoms with van der Waals surface area (Å²) < 4.78 is 18.4. The molecule has 1 aromatic carbocycles. The van der Waals surface area contributed by atoms with Crippen LogP contribution in [0.5, 0.6) is 5.88 Å². The number of halogens is 1. The Hall–Kier alpha value is -2.25. The minimum atomic E-state index is -0.694. The van der Waals surface area contributed by atoms with Crippen LogP contribution < -0.4 is 9.64 Å². The second kappa shape index (κ2) is 7.55. The molecule has 0 aliphatic carbocycles. The Morgan fingerprint density at radius 3 is 2.75 bits per heavy atom. The highest BCUT2D eigenvalue weighted by atomic mass is 19.1. The smallest absolute Gasteiger partial charge is 0.228 e. The second-order valence-electron chi connectivity index (χ2n) is 5.76. The molecule has 1 unspecified atom stereocenters. The predicted octanol–water partition coefficient (Wildman–Crippen LogP) is 1.48. The van der Waals surface area contributed by atoms with Gasteiger partial charge in [-0.1, -0.05) is 12.1 Å². The van der Waals surface area contributed by atoms with Gasteiger partial charge in [0, 0.05) is 45.0 Å². The quantitative estimate of drug-likeness (QED) is 0.895. The maximum atomic E-state index is 13.3. The lowest BCUT2D eigenvalue weighted by molar-refractivity contribution is 0.109. The summed E-state index contributed by atoms with van der Waals surface area (Å²) in [7, 11) is 1.58. The van der Waals surface area contributed by atoms with Crippen molar-refractivity contribution in [3.05, 3.63) is 47.9 Å². The van der Waals surface area contributed by atoms with Crippen molar-refractivity contribution in [3.8, 4) is 5.88 Å². The van der Waals surface area contributed by atoms with Crippen LogP contribution in [0.15, 0.2) is 36.5 Å². The molecular formula is C17H21FN4O2. The monoisotopic (exact) mass is 332 g/mol. The van der Waals surface area contributed by atoms with Gasteiger partial charge in [0.15, 0.2) is 0 Å². The molecule has 0 amide bonds. The van der Waals surface area contributed by atoms with E-state index in [1.807, 2.05) is 0 Å². The minimum absolute atomic E-state index is 0.327. The van der Waals surface area contributed by atoms with Gasteiger partial charge in [-0.15, -0.1) is 0 Å². The van der Waals surface area contributed by atoms with Crippen LogP contribution in [0.3, 0.4) is 0 Å². The van der Waals surface area contributed by atoms with Gasteiger partial charge in [-0.2, -0.15) is 4.98 Å². The summed E-state index contributed by atoms with van der Waals surface area (Å²) in [6.07, 6.45) is 0.988. The summed E-state index contributed by atoms with van der Waals surface area (Å²) in [5.41, 5.74) is 0.605. The van der Waals surface area contributed by atoms with Crippen molar-refractivity contribution in [2.24, 2.45) is 0 Å². The summed E-state index contributed by atoms with van der Waals surface area (Å²) in [6, 6.07) is 7.84. The first-order chi connectivity index (χ1) is 11.7. The third kappa shape index (κ3) is 3.98. The first-order valence-corrected chi connectivity index (χ1v) is 7.93. The molecule has 1 aliphatic rings. The molecule has 1 saturated heterocycles. The van der Waals surface area contributed by atoms with Crippen molar-refractivity contribution in [3.63, 3.8) is 0 Å². The van der Waals surface area contributed by atoms with E-state index in [-0.39, 0.29) is 5.82 Å². The molecule has 3 rings (SSSR count). The third-order valence-electron chi connectivity index (χ3n) is 4.15. The van der Waals surface area contributed by atoms with E-state index in [0.29, 0.717) is 23.9 Å². The SMILES string of the molecule is COc1ccnc(N2CCN(CC(O)c3cccc(F)c3)CC2)n1. The molecule has 2 heterocycles. The zero-order valence-corrected chi connectivity index (χ0v) is 13.6. The Balaban J connectivity index is 1.55. The van der Waals surface area contributed by atoms with Gasteiger partial charge >= 0.3 is 0 Å². The average molecular weight is 332 g/mol. The van der Waals surface area contributed by atoms with Gasteiger partial charge in [-0.05, 0) is 17.7 Å². The highest BCUT2D eigenvalue weighted by Crippen LogP contribution is 2.18. The van der Waals surface area contributed by atoms with E-state index in [1.165, 1.54) is 12.1 Å². The Kier molecular flexibility index (Phi) is 5.22. The molecular weight excluding hydrogens is 311 g/mol. The molecule has 1 aliphatic heterocycles. The summed E-state index contributed by atoms with van der Waals surface area (Å²) >= 11 is 0. The first kappa shape index (κ1) is 16.6. The van der Waals surface area contributed by atoms with Crippen LogP contribution in [-0.2, 0) is 0 Å². The Labute approximate surface area is 140 Å². The molecule has 0 saturated carbocycles. The van der Waals surface area contributed by atoms with Crippen LogP contribution >= 0.6 is 0 Å². The highest BCUT2D eigenvalue weighted by Gasteiger charge is 2.21. The zero-order valence-electron chi connectivity index (χ0n) is 13.6. The van der Waals surface area contributed by atoms with E-state index in [0.717, 1.165) is 26.2 Å². The van der Waals surface area contributed by atoms with E-state index < -0.39 is 6.10 Å². The second-order valence-corrected chi connectivity index (χ2v) is 5.76. The fourth-order valence-electron chi connectivity index (χ4n) is 2.79. The fraction of sp³-hybridized carbons (Fsp3) is 0.412. The largest absolute Gasteiger partial charge is 0.481 e. The first-order valence-electron chi connectivity index (χ1n) is 7.93. The van der Waals surface area contributed by atoms with Gasteiger partial charge in [0.25, 0.3) is 0 Å². The lowest BCUT2D eigenvalue weighted by Gasteiger charge is -2.35. The van der Waals surface area contributed by atoms with Gasteiger partial charge in [0.2, 0.25) is 11.8 Å². The van der Waals surface area contributed by atoms with E-state index in [4.69, 9.17) is 4.74 Å². The molecule has 1 fully saturated rings. The summed E-state index contributed by atoms with van der Waals surface area (Å²) in [6.45, 7) is 3.59. The van der Waals surface area contributed by atoms with Crippen molar-refractivity contribution in [1.29, 1.82) is 0 Å². The van der Waals surface area contributed by atoms with Crippen LogP contribution in [0.25, 0.3) is 0 Å². The molecule has 0 radical (unpaired) electrons. The van der Waals surface area contributed by atoms with Gasteiger partial charge in [-0.25, -0.2) is 9.37 Å². The number of benzene rings is 1. The maximum absolute atomic E-state index is 13.3. The highest BCUT2D eigenvalue weighted by molar-refractivity contribution is 5.32. The number of hydrogen-bond acceptors (Lipinski definition) is 6. The molecule has 24 heavy (non-hydrogen) atoms. The zero-order chi connectivity index (χ0) is 16.9. The summed E-state index contributed by atoms with van der Waals surface area (Å²) in [5.74, 6) is 0.871. The number of aliphatic hydroxyl groups excluding tert-OH is 1. The van der Waals surface area contributed by atoms with Crippen LogP contribution in [0.2, 0.25) is 0 Å². The predicted molar refractivity (Wildman–Crippen MR) is 88.6 cm³/mol. The lowest BCUT2D eigenvalue weighted by atomic mass is 10.1. The van der Waals surface area contributed by atoms with Crippen LogP contribution in [0, 0.1) is 5.82 Å². The van der Waals surface area contributed by atoms with E-state index >= 15 is 0 Å². The van der Waals surface area contributed by atoms with Gasteiger partial charge in [0.1, 0.15) is 5.82 Å². The number of β-amino-alcohol motifs (C(OH)–C–C–N with tert-alkyl or cyclic N) is 1. The lowest BCUT2D eigenvalue weighted by Crippen LogP contribution is -2.48. The summed E-state index contributed by atoms with van der Waals surface area (Å²) in [4.78, 5) is 12.9. The standard InChI is InChI=1S/C17H21FN4O2/c1-24-16-5-6-19-17(20-16)22-9-7-21(8-10-22)12-15(23)13-3-2-4-14(18)11-13/h2-6,11,15,23H,7-10,12H2,1H3. The van der Waals surface area contributed by atoms with Crippen molar-refractivity contribution in [2.75, 3.05) is 44.7 Å². The van der Waals surface area contributed by atoms with Gasteiger partial charge in [-0.3, -0.25) is 4.90 Å². The molecule has 6 nitrogen and oxygen atoms in total. The minimum Gasteiger partial charge on any atom is -0.481 e. The van der Waals surface area contributed by atoms with E-state index in [9.17, 15) is 9.50 Å². The van der Waals surface area contributed by atoms with E-state index in [1.54, 1.807) is 31.5 Å². The van der Waals surface area contributed by atoms with Crippen molar-refractivity contribution in [2.45, 2.75) is 6.10 Å². The van der Waals surface area contributed by atoms with Crippen LogP contribution in [0.1, 0.15) is 11.7 Å². The fourth-order valence-corrected chi connectivity index (χ4v) is 2.79. The Bertz CT molecular complexity index is 677. The number of nitrogens with zero attached hydrogens (tertiary/aromatic N) is 4. The van der Waals surface area contributed by atoms with Crippen LogP contribution in [0.4, 0.5) is 10.3 Å². The molecule has 1 atom stereocenters. The van der Waals surface area contributed by atoms with E-state index in [2.05, 4.69) is 19.8 Å². The number of methoxy groups -OCH3 is 1. The number of ether oxygens (including phenoxy) is 1. The molecule has 1 aromatic heterocycles. The normalized spacial score (nSPS) is 16.9. The van der Waals surface area contributed by atoms with Crippen molar-refractivity contribution < 1.29 is 14.2 Å². The maximum Gasteiger partial charge on any atom is 0.228 e. The number of anilines is 1. The molecule has 0 bridgehead atoms. The molecule has 128 valence electrons. The number of hydrogen-bond donors (Lipinski definition) is 1. The average Bonchev–Trinajstić information content (AvgIpc) is 2.62. The molecule has 7 heteroatoms. The number of piperazine rings is 1. The Morgan fingerprint density at radius 2 is 2.04 bits per heavy atom. The third-order valence-corrected chi connectivity index (χ3v) is 4.15. The topological polar surface area (TPSA) is 61.7 Å². The number of aliphatic hydroxyl groups is 1. The summed E-state index contributed by atoms with van der Waals surface area (Å²) in [5, 5.41) is 10.3. The molecule has 1 N–H and O–H groups in total. The number of rotatable bonds is 5.